The highest BCUT2D eigenvalue weighted by atomic mass is 32.2. The first kappa shape index (κ1) is 10.1. The van der Waals surface area contributed by atoms with Crippen LogP contribution in [0.1, 0.15) is 12.3 Å². The third-order valence-electron chi connectivity index (χ3n) is 1.61. The Morgan fingerprint density at radius 1 is 1.69 bits per heavy atom. The summed E-state index contributed by atoms with van der Waals surface area (Å²) < 4.78 is 1.60. The fraction of sp³-hybridized carbons (Fsp3) is 0.333. The highest BCUT2D eigenvalue weighted by molar-refractivity contribution is 7.98. The van der Waals surface area contributed by atoms with Crippen molar-refractivity contribution in [3.05, 3.63) is 41.1 Å². The van der Waals surface area contributed by atoms with Gasteiger partial charge in [0.2, 0.25) is 0 Å². The lowest BCUT2D eigenvalue weighted by atomic mass is 10.5. The molecule has 0 spiro atoms. The van der Waals surface area contributed by atoms with E-state index in [-0.39, 0.29) is 11.1 Å². The van der Waals surface area contributed by atoms with Gasteiger partial charge in [-0.25, -0.2) is 9.78 Å². The molecule has 0 radical (unpaired) electrons. The molecule has 4 heteroatoms. The summed E-state index contributed by atoms with van der Waals surface area (Å²) in [5.41, 5.74) is -0.208. The van der Waals surface area contributed by atoms with Crippen molar-refractivity contribution in [2.24, 2.45) is 0 Å². The summed E-state index contributed by atoms with van der Waals surface area (Å²) in [5, 5.41) is 0.0474. The molecule has 1 unspecified atom stereocenters. The van der Waals surface area contributed by atoms with Crippen molar-refractivity contribution < 1.29 is 0 Å². The van der Waals surface area contributed by atoms with E-state index in [0.717, 1.165) is 0 Å². The zero-order valence-corrected chi connectivity index (χ0v) is 8.49. The Kier molecular flexibility index (Phi) is 3.76. The van der Waals surface area contributed by atoms with Crippen molar-refractivity contribution in [2.75, 3.05) is 6.26 Å². The van der Waals surface area contributed by atoms with E-state index in [1.165, 1.54) is 6.20 Å². The lowest BCUT2D eigenvalue weighted by Crippen LogP contribution is -2.23. The lowest BCUT2D eigenvalue weighted by molar-refractivity contribution is 0.727. The van der Waals surface area contributed by atoms with E-state index >= 15 is 0 Å². The van der Waals surface area contributed by atoms with Gasteiger partial charge in [0.15, 0.2) is 0 Å². The quantitative estimate of drug-likeness (QED) is 0.690. The Balaban J connectivity index is 3.04. The molecule has 1 heterocycles. The predicted molar refractivity (Wildman–Crippen MR) is 55.9 cm³/mol. The van der Waals surface area contributed by atoms with E-state index in [0.29, 0.717) is 0 Å². The standard InChI is InChI=1S/C9H12N2OS/c1-3-5-8(13-2)11-7-4-6-10-9(11)12/h3-8H,1-2H3. The number of thioether (sulfide) groups is 1. The summed E-state index contributed by atoms with van der Waals surface area (Å²) in [4.78, 5) is 15.0. The molecule has 1 aromatic rings. The Morgan fingerprint density at radius 2 is 2.46 bits per heavy atom. The van der Waals surface area contributed by atoms with Crippen molar-refractivity contribution in [1.29, 1.82) is 0 Å². The second kappa shape index (κ2) is 4.87. The third kappa shape index (κ3) is 2.45. The number of hydrogen-bond donors (Lipinski definition) is 0. The van der Waals surface area contributed by atoms with Gasteiger partial charge in [-0.3, -0.25) is 4.57 Å². The second-order valence-corrected chi connectivity index (χ2v) is 3.42. The van der Waals surface area contributed by atoms with Crippen molar-refractivity contribution in [2.45, 2.75) is 12.3 Å². The zero-order chi connectivity index (χ0) is 9.68. The van der Waals surface area contributed by atoms with Crippen LogP contribution in [0, 0.1) is 0 Å². The van der Waals surface area contributed by atoms with Crippen LogP contribution in [0.4, 0.5) is 0 Å². The molecular weight excluding hydrogens is 184 g/mol. The molecule has 0 bridgehead atoms. The molecule has 0 amide bonds. The maximum atomic E-state index is 11.3. The summed E-state index contributed by atoms with van der Waals surface area (Å²) in [5.74, 6) is 0. The van der Waals surface area contributed by atoms with Crippen LogP contribution < -0.4 is 5.69 Å². The van der Waals surface area contributed by atoms with Crippen LogP contribution in [0.25, 0.3) is 0 Å². The van der Waals surface area contributed by atoms with Gasteiger partial charge >= 0.3 is 5.69 Å². The summed E-state index contributed by atoms with van der Waals surface area (Å²) >= 11 is 1.60. The normalized spacial score (nSPS) is 13.4. The van der Waals surface area contributed by atoms with Gasteiger partial charge in [-0.2, -0.15) is 0 Å². The average molecular weight is 196 g/mol. The molecule has 1 atom stereocenters. The SMILES string of the molecule is CC=CC(SC)n1cccnc1=O. The van der Waals surface area contributed by atoms with Gasteiger partial charge in [0.25, 0.3) is 0 Å². The van der Waals surface area contributed by atoms with E-state index < -0.39 is 0 Å². The van der Waals surface area contributed by atoms with E-state index in [2.05, 4.69) is 4.98 Å². The molecule has 0 fully saturated rings. The van der Waals surface area contributed by atoms with E-state index in [9.17, 15) is 4.79 Å². The van der Waals surface area contributed by atoms with Gasteiger partial charge in [0, 0.05) is 12.4 Å². The van der Waals surface area contributed by atoms with Gasteiger partial charge < -0.3 is 0 Å². The molecule has 0 aliphatic heterocycles. The minimum Gasteiger partial charge on any atom is -0.283 e. The van der Waals surface area contributed by atoms with Crippen LogP contribution >= 0.6 is 11.8 Å². The molecular formula is C9H12N2OS. The van der Waals surface area contributed by atoms with Gasteiger partial charge in [-0.05, 0) is 19.2 Å². The highest BCUT2D eigenvalue weighted by Crippen LogP contribution is 2.18. The van der Waals surface area contributed by atoms with E-state index in [1.54, 1.807) is 28.6 Å². The summed E-state index contributed by atoms with van der Waals surface area (Å²) in [7, 11) is 0. The van der Waals surface area contributed by atoms with Crippen LogP contribution in [-0.2, 0) is 0 Å². The number of rotatable bonds is 3. The Morgan fingerprint density at radius 3 is 3.00 bits per heavy atom. The molecule has 0 N–H and O–H groups in total. The first-order valence-corrected chi connectivity index (χ1v) is 5.27. The van der Waals surface area contributed by atoms with Gasteiger partial charge in [-0.1, -0.05) is 12.2 Å². The molecule has 1 aromatic heterocycles. The minimum atomic E-state index is -0.208. The van der Waals surface area contributed by atoms with Crippen LogP contribution in [0.2, 0.25) is 0 Å². The molecule has 0 saturated carbocycles. The maximum absolute atomic E-state index is 11.3. The molecule has 0 aromatic carbocycles. The Bertz CT molecular complexity index is 345. The summed E-state index contributed by atoms with van der Waals surface area (Å²) in [6.07, 6.45) is 9.11. The van der Waals surface area contributed by atoms with Crippen molar-refractivity contribution in [3.8, 4) is 0 Å². The molecule has 0 aliphatic rings. The van der Waals surface area contributed by atoms with E-state index in [4.69, 9.17) is 0 Å². The van der Waals surface area contributed by atoms with Crippen molar-refractivity contribution >= 4 is 11.8 Å². The number of hydrogen-bond acceptors (Lipinski definition) is 3. The Hall–Kier alpha value is -1.03. The molecule has 1 rings (SSSR count). The average Bonchev–Trinajstić information content (AvgIpc) is 2.16. The summed E-state index contributed by atoms with van der Waals surface area (Å²) in [6.45, 7) is 1.94. The fourth-order valence-corrected chi connectivity index (χ4v) is 1.71. The first-order chi connectivity index (χ1) is 6.29. The van der Waals surface area contributed by atoms with Crippen LogP contribution in [-0.4, -0.2) is 15.8 Å². The third-order valence-corrected chi connectivity index (χ3v) is 2.48. The maximum Gasteiger partial charge on any atom is 0.348 e. The topological polar surface area (TPSA) is 34.9 Å². The number of nitrogens with zero attached hydrogens (tertiary/aromatic N) is 2. The molecule has 70 valence electrons. The largest absolute Gasteiger partial charge is 0.348 e. The van der Waals surface area contributed by atoms with Crippen LogP contribution in [0.5, 0.6) is 0 Å². The minimum absolute atomic E-state index is 0.0474. The second-order valence-electron chi connectivity index (χ2n) is 2.46. The van der Waals surface area contributed by atoms with Gasteiger partial charge in [0.05, 0.1) is 0 Å². The van der Waals surface area contributed by atoms with Crippen LogP contribution in [0.3, 0.4) is 0 Å². The molecule has 3 nitrogen and oxygen atoms in total. The highest BCUT2D eigenvalue weighted by Gasteiger charge is 2.05. The molecule has 0 aliphatic carbocycles. The summed E-state index contributed by atoms with van der Waals surface area (Å²) in [6, 6.07) is 1.76. The number of allylic oxidation sites excluding steroid dienone is 1. The fourth-order valence-electron chi connectivity index (χ4n) is 1.01. The van der Waals surface area contributed by atoms with Crippen LogP contribution in [0.15, 0.2) is 35.4 Å². The van der Waals surface area contributed by atoms with Gasteiger partial charge in [-0.15, -0.1) is 11.8 Å². The predicted octanol–water partition coefficient (Wildman–Crippen LogP) is 1.68. The van der Waals surface area contributed by atoms with Crippen molar-refractivity contribution in [3.63, 3.8) is 0 Å². The smallest absolute Gasteiger partial charge is 0.283 e. The number of aromatic nitrogens is 2. The van der Waals surface area contributed by atoms with Crippen molar-refractivity contribution in [1.82, 2.24) is 9.55 Å². The zero-order valence-electron chi connectivity index (χ0n) is 7.68. The Labute approximate surface area is 81.5 Å². The van der Waals surface area contributed by atoms with E-state index in [1.807, 2.05) is 25.3 Å². The van der Waals surface area contributed by atoms with Gasteiger partial charge in [0.1, 0.15) is 5.37 Å². The monoisotopic (exact) mass is 196 g/mol. The molecule has 13 heavy (non-hydrogen) atoms. The lowest BCUT2D eigenvalue weighted by Gasteiger charge is -2.11. The molecule has 0 saturated heterocycles. The first-order valence-electron chi connectivity index (χ1n) is 3.98.